The lowest BCUT2D eigenvalue weighted by molar-refractivity contribution is -0.143. The Morgan fingerprint density at radius 2 is 1.61 bits per heavy atom. The molecule has 0 radical (unpaired) electrons. The molecule has 3 N–H and O–H groups in total. The van der Waals surface area contributed by atoms with E-state index in [2.05, 4.69) is 14.8 Å². The lowest BCUT2D eigenvalue weighted by atomic mass is 10.1. The van der Waals surface area contributed by atoms with Crippen LogP contribution in [0.25, 0.3) is 0 Å². The summed E-state index contributed by atoms with van der Waals surface area (Å²) in [5.74, 6) is -1.53. The zero-order valence-electron chi connectivity index (χ0n) is 18.1. The minimum Gasteiger partial charge on any atom is -0.467 e. The van der Waals surface area contributed by atoms with E-state index in [0.717, 1.165) is 12.7 Å². The van der Waals surface area contributed by atoms with Gasteiger partial charge in [0.2, 0.25) is 0 Å². The van der Waals surface area contributed by atoms with Crippen molar-refractivity contribution in [3.05, 3.63) is 71.3 Å². The molecule has 11 heteroatoms. The van der Waals surface area contributed by atoms with E-state index in [1.54, 1.807) is 24.3 Å². The number of rotatable bonds is 10. The van der Waals surface area contributed by atoms with Gasteiger partial charge in [-0.2, -0.15) is 0 Å². The van der Waals surface area contributed by atoms with Gasteiger partial charge in [-0.15, -0.1) is 0 Å². The molecular weight excluding hydrogens is 453 g/mol. The fourth-order valence-corrected chi connectivity index (χ4v) is 4.19. The third-order valence-corrected chi connectivity index (χ3v) is 6.37. The Morgan fingerprint density at radius 3 is 2.24 bits per heavy atom. The van der Waals surface area contributed by atoms with Gasteiger partial charge in [0.05, 0.1) is 25.3 Å². The maximum absolute atomic E-state index is 12.6. The van der Waals surface area contributed by atoms with Crippen LogP contribution in [0.3, 0.4) is 0 Å². The summed E-state index contributed by atoms with van der Waals surface area (Å²) in [5.41, 5.74) is -0.277. The van der Waals surface area contributed by atoms with Crippen molar-refractivity contribution in [2.45, 2.75) is 19.1 Å². The standard InChI is InChI=1S/C22H24NO9P/c1-30-19(24)16-9-6-10-17(13-16)21(26)33(28,29)12-11-18(20(25)31-2)23-22(27)32-14-15-7-4-3-5-8-15/h3-10,13,18,28-29H,11-12,14H2,1-2H3/p+1/t18-/m0/s1. The normalized spacial score (nSPS) is 11.8. The van der Waals surface area contributed by atoms with Gasteiger partial charge in [-0.05, 0) is 23.8 Å². The molecule has 2 aromatic carbocycles. The van der Waals surface area contributed by atoms with Crippen molar-refractivity contribution in [2.75, 3.05) is 20.4 Å². The van der Waals surface area contributed by atoms with E-state index in [4.69, 9.17) is 4.74 Å². The fraction of sp³-hybridized carbons (Fsp3) is 0.273. The zero-order valence-corrected chi connectivity index (χ0v) is 19.0. The number of esters is 2. The minimum atomic E-state index is -4.22. The minimum absolute atomic E-state index is 0.0352. The number of benzene rings is 2. The Morgan fingerprint density at radius 1 is 0.939 bits per heavy atom. The maximum Gasteiger partial charge on any atom is 0.408 e. The lowest BCUT2D eigenvalue weighted by Crippen LogP contribution is -2.42. The molecule has 1 atom stereocenters. The second-order valence-corrected chi connectivity index (χ2v) is 9.22. The predicted octanol–water partition coefficient (Wildman–Crippen LogP) is 2.30. The molecule has 10 nitrogen and oxygen atoms in total. The highest BCUT2D eigenvalue weighted by atomic mass is 31.2. The van der Waals surface area contributed by atoms with E-state index in [1.807, 2.05) is 6.07 Å². The van der Waals surface area contributed by atoms with Crippen molar-refractivity contribution in [1.82, 2.24) is 5.32 Å². The van der Waals surface area contributed by atoms with E-state index >= 15 is 0 Å². The Balaban J connectivity index is 2.02. The summed E-state index contributed by atoms with van der Waals surface area (Å²) in [4.78, 5) is 69.3. The average Bonchev–Trinajstić information content (AvgIpc) is 2.84. The van der Waals surface area contributed by atoms with Gasteiger partial charge in [0.15, 0.2) is 0 Å². The number of carbonyl (C=O) groups excluding carboxylic acids is 4. The molecule has 0 saturated carbocycles. The van der Waals surface area contributed by atoms with E-state index in [0.29, 0.717) is 0 Å². The molecule has 0 aliphatic carbocycles. The Kier molecular flexibility index (Phi) is 9.47. The van der Waals surface area contributed by atoms with Crippen molar-refractivity contribution in [3.8, 4) is 0 Å². The number of ether oxygens (including phenoxy) is 3. The number of alkyl carbamates (subject to hydrolysis) is 1. The number of carbonyl (C=O) groups is 4. The second kappa shape index (κ2) is 12.1. The van der Waals surface area contributed by atoms with Gasteiger partial charge >= 0.3 is 31.3 Å². The molecule has 0 aromatic heterocycles. The van der Waals surface area contributed by atoms with E-state index in [1.165, 1.54) is 31.4 Å². The largest absolute Gasteiger partial charge is 0.467 e. The summed E-state index contributed by atoms with van der Waals surface area (Å²) in [6, 6.07) is 12.9. The fourth-order valence-electron chi connectivity index (χ4n) is 2.81. The van der Waals surface area contributed by atoms with Gasteiger partial charge in [0, 0.05) is 6.42 Å². The highest BCUT2D eigenvalue weighted by molar-refractivity contribution is 7.81. The first-order chi connectivity index (χ1) is 15.7. The molecule has 0 aliphatic heterocycles. The van der Waals surface area contributed by atoms with Crippen molar-refractivity contribution in [3.63, 3.8) is 0 Å². The van der Waals surface area contributed by atoms with Crippen LogP contribution in [-0.2, 0) is 25.6 Å². The molecule has 0 saturated heterocycles. The number of amides is 1. The second-order valence-electron chi connectivity index (χ2n) is 6.90. The van der Waals surface area contributed by atoms with Crippen molar-refractivity contribution < 1.29 is 43.2 Å². The smallest absolute Gasteiger partial charge is 0.408 e. The van der Waals surface area contributed by atoms with Gasteiger partial charge in [0.1, 0.15) is 18.8 Å². The van der Waals surface area contributed by atoms with Crippen LogP contribution in [0.4, 0.5) is 4.79 Å². The zero-order chi connectivity index (χ0) is 24.4. The average molecular weight is 478 g/mol. The lowest BCUT2D eigenvalue weighted by Gasteiger charge is -2.18. The molecule has 0 unspecified atom stereocenters. The number of hydrogen-bond donors (Lipinski definition) is 3. The molecule has 0 heterocycles. The first kappa shape index (κ1) is 25.9. The number of hydrogen-bond acceptors (Lipinski definition) is 9. The molecule has 0 bridgehead atoms. The van der Waals surface area contributed by atoms with Crippen LogP contribution < -0.4 is 5.32 Å². The monoisotopic (exact) mass is 478 g/mol. The molecular formula is C22H25NO9P+. The summed E-state index contributed by atoms with van der Waals surface area (Å²) >= 11 is 0. The van der Waals surface area contributed by atoms with Crippen LogP contribution >= 0.6 is 7.72 Å². The summed E-state index contributed by atoms with van der Waals surface area (Å²) in [7, 11) is -1.93. The van der Waals surface area contributed by atoms with Gasteiger partial charge < -0.3 is 19.5 Å². The Hall–Kier alpha value is -3.33. The van der Waals surface area contributed by atoms with Gasteiger partial charge in [-0.1, -0.05) is 36.4 Å². The molecule has 0 fully saturated rings. The molecule has 1 amide bonds. The van der Waals surface area contributed by atoms with Gasteiger partial charge in [-0.25, -0.2) is 29.0 Å². The maximum atomic E-state index is 12.6. The Labute approximate surface area is 191 Å². The molecule has 0 aliphatic rings. The number of methoxy groups -OCH3 is 2. The molecule has 176 valence electrons. The van der Waals surface area contributed by atoms with Crippen LogP contribution in [0.2, 0.25) is 0 Å². The summed E-state index contributed by atoms with van der Waals surface area (Å²) in [6.45, 7) is -0.0352. The molecule has 2 aromatic rings. The predicted molar refractivity (Wildman–Crippen MR) is 119 cm³/mol. The van der Waals surface area contributed by atoms with Gasteiger partial charge in [-0.3, -0.25) is 0 Å². The quantitative estimate of drug-likeness (QED) is 0.266. The number of nitrogens with one attached hydrogen (secondary N) is 1. The highest BCUT2D eigenvalue weighted by Gasteiger charge is 2.45. The van der Waals surface area contributed by atoms with Crippen LogP contribution in [0.5, 0.6) is 0 Å². The van der Waals surface area contributed by atoms with Crippen molar-refractivity contribution in [2.24, 2.45) is 0 Å². The van der Waals surface area contributed by atoms with Crippen LogP contribution in [0, 0.1) is 0 Å². The summed E-state index contributed by atoms with van der Waals surface area (Å²) in [5, 5.41) is 2.31. The molecule has 0 spiro atoms. The van der Waals surface area contributed by atoms with E-state index in [-0.39, 0.29) is 24.2 Å². The van der Waals surface area contributed by atoms with E-state index in [9.17, 15) is 29.0 Å². The van der Waals surface area contributed by atoms with Gasteiger partial charge in [0.25, 0.3) is 0 Å². The topological polar surface area (TPSA) is 148 Å². The van der Waals surface area contributed by atoms with Crippen LogP contribution in [0.15, 0.2) is 54.6 Å². The molecule has 2 rings (SSSR count). The van der Waals surface area contributed by atoms with E-state index < -0.39 is 43.5 Å². The van der Waals surface area contributed by atoms with Crippen LogP contribution in [0.1, 0.15) is 32.7 Å². The van der Waals surface area contributed by atoms with Crippen LogP contribution in [-0.4, -0.2) is 59.8 Å². The SMILES string of the molecule is COC(=O)c1cccc(C(=O)[P+](O)(O)CC[C@H](NC(=O)OCc2ccccc2)C(=O)OC)c1. The first-order valence-electron chi connectivity index (χ1n) is 9.80. The first-order valence-corrected chi connectivity index (χ1v) is 11.7. The van der Waals surface area contributed by atoms with Crippen molar-refractivity contribution in [1.29, 1.82) is 0 Å². The highest BCUT2D eigenvalue weighted by Crippen LogP contribution is 2.53. The third kappa shape index (κ3) is 7.64. The third-order valence-electron chi connectivity index (χ3n) is 4.58. The molecule has 33 heavy (non-hydrogen) atoms. The summed E-state index contributed by atoms with van der Waals surface area (Å²) < 4.78 is 14.3. The summed E-state index contributed by atoms with van der Waals surface area (Å²) in [6.07, 6.45) is -1.71. The Bertz CT molecular complexity index is 994. The van der Waals surface area contributed by atoms with Crippen molar-refractivity contribution >= 4 is 31.3 Å².